The summed E-state index contributed by atoms with van der Waals surface area (Å²) in [6, 6.07) is 0. The molecule has 0 heteroatoms. The predicted molar refractivity (Wildman–Crippen MR) is 57.1 cm³/mol. The summed E-state index contributed by atoms with van der Waals surface area (Å²) in [5, 5.41) is 0. The van der Waals surface area contributed by atoms with Gasteiger partial charge in [-0.25, -0.2) is 0 Å². The van der Waals surface area contributed by atoms with Gasteiger partial charge in [0.25, 0.3) is 0 Å². The van der Waals surface area contributed by atoms with Gasteiger partial charge >= 0.3 is 0 Å². The second-order valence-corrected chi connectivity index (χ2v) is 3.27. The molecule has 0 unspecified atom stereocenters. The molecule has 0 aromatic carbocycles. The summed E-state index contributed by atoms with van der Waals surface area (Å²) in [5.74, 6) is 0. The van der Waals surface area contributed by atoms with E-state index < -0.39 is 0 Å². The van der Waals surface area contributed by atoms with Crippen molar-refractivity contribution < 1.29 is 0 Å². The third-order valence-corrected chi connectivity index (χ3v) is 1.87. The molecule has 0 rings (SSSR count). The SMILES string of the molecule is C=C/C(=C\C(C)=C(C)C)C(=C)C. The first-order valence-corrected chi connectivity index (χ1v) is 4.13. The van der Waals surface area contributed by atoms with Crippen LogP contribution in [0.3, 0.4) is 0 Å². The van der Waals surface area contributed by atoms with Crippen molar-refractivity contribution >= 4 is 0 Å². The first kappa shape index (κ1) is 11.0. The summed E-state index contributed by atoms with van der Waals surface area (Å²) in [4.78, 5) is 0. The second kappa shape index (κ2) is 4.76. The van der Waals surface area contributed by atoms with Gasteiger partial charge in [-0.2, -0.15) is 0 Å². The van der Waals surface area contributed by atoms with Gasteiger partial charge in [-0.1, -0.05) is 42.0 Å². The monoisotopic (exact) mass is 162 g/mol. The highest BCUT2D eigenvalue weighted by Crippen LogP contribution is 2.13. The molecule has 0 fully saturated rings. The first-order valence-electron chi connectivity index (χ1n) is 4.13. The van der Waals surface area contributed by atoms with Crippen LogP contribution in [0.4, 0.5) is 0 Å². The topological polar surface area (TPSA) is 0 Å². The average Bonchev–Trinajstić information content (AvgIpc) is 1.98. The zero-order valence-corrected chi connectivity index (χ0v) is 8.57. The van der Waals surface area contributed by atoms with Crippen LogP contribution in [0.2, 0.25) is 0 Å². The van der Waals surface area contributed by atoms with Gasteiger partial charge < -0.3 is 0 Å². The Morgan fingerprint density at radius 2 is 1.58 bits per heavy atom. The molecule has 0 aliphatic rings. The van der Waals surface area contributed by atoms with Crippen LogP contribution in [0.25, 0.3) is 0 Å². The molecule has 0 aromatic heterocycles. The number of hydrogen-bond donors (Lipinski definition) is 0. The lowest BCUT2D eigenvalue weighted by Crippen LogP contribution is -1.81. The Kier molecular flexibility index (Phi) is 4.35. The Bertz CT molecular complexity index is 245. The Morgan fingerprint density at radius 3 is 1.83 bits per heavy atom. The van der Waals surface area contributed by atoms with Crippen LogP contribution in [0.1, 0.15) is 27.7 Å². The minimum Gasteiger partial charge on any atom is -0.0985 e. The molecule has 0 aromatic rings. The van der Waals surface area contributed by atoms with Crippen molar-refractivity contribution in [2.24, 2.45) is 0 Å². The van der Waals surface area contributed by atoms with Gasteiger partial charge in [0.15, 0.2) is 0 Å². The van der Waals surface area contributed by atoms with Crippen molar-refractivity contribution in [2.45, 2.75) is 27.7 Å². The summed E-state index contributed by atoms with van der Waals surface area (Å²) in [7, 11) is 0. The quantitative estimate of drug-likeness (QED) is 0.549. The van der Waals surface area contributed by atoms with Gasteiger partial charge in [0.05, 0.1) is 0 Å². The normalized spacial score (nSPS) is 10.8. The minimum atomic E-state index is 1.06. The zero-order valence-electron chi connectivity index (χ0n) is 8.57. The molecule has 0 amide bonds. The second-order valence-electron chi connectivity index (χ2n) is 3.27. The molecule has 0 saturated carbocycles. The van der Waals surface area contributed by atoms with E-state index in [4.69, 9.17) is 0 Å². The molecule has 0 atom stereocenters. The van der Waals surface area contributed by atoms with Crippen molar-refractivity contribution in [1.29, 1.82) is 0 Å². The van der Waals surface area contributed by atoms with Gasteiger partial charge in [-0.15, -0.1) is 0 Å². The summed E-state index contributed by atoms with van der Waals surface area (Å²) in [6.07, 6.45) is 3.96. The average molecular weight is 162 g/mol. The molecule has 0 spiro atoms. The van der Waals surface area contributed by atoms with E-state index in [1.165, 1.54) is 11.1 Å². The van der Waals surface area contributed by atoms with E-state index in [-0.39, 0.29) is 0 Å². The van der Waals surface area contributed by atoms with Crippen LogP contribution in [0.5, 0.6) is 0 Å². The molecular formula is C12H18. The van der Waals surface area contributed by atoms with Crippen LogP contribution in [-0.4, -0.2) is 0 Å². The molecule has 0 nitrogen and oxygen atoms in total. The Labute approximate surface area is 76.0 Å². The lowest BCUT2D eigenvalue weighted by atomic mass is 10.0. The van der Waals surface area contributed by atoms with Crippen molar-refractivity contribution in [2.75, 3.05) is 0 Å². The molecule has 66 valence electrons. The number of allylic oxidation sites excluding steroid dienone is 6. The standard InChI is InChI=1S/C12H18/c1-7-12(10(4)5)8-11(6)9(2)3/h7-8H,1,4H2,2-3,5-6H3/b12-8+. The maximum atomic E-state index is 3.88. The van der Waals surface area contributed by atoms with Crippen LogP contribution in [0, 0.1) is 0 Å². The molecule has 0 aliphatic carbocycles. The van der Waals surface area contributed by atoms with Crippen molar-refractivity contribution in [3.05, 3.63) is 47.6 Å². The maximum Gasteiger partial charge on any atom is -0.0237 e. The molecule has 0 N–H and O–H groups in total. The van der Waals surface area contributed by atoms with Gasteiger partial charge in [-0.3, -0.25) is 0 Å². The van der Waals surface area contributed by atoms with Crippen LogP contribution in [0.15, 0.2) is 47.6 Å². The lowest BCUT2D eigenvalue weighted by molar-refractivity contribution is 1.28. The zero-order chi connectivity index (χ0) is 9.72. The van der Waals surface area contributed by atoms with Crippen molar-refractivity contribution in [1.82, 2.24) is 0 Å². The van der Waals surface area contributed by atoms with Gasteiger partial charge in [-0.05, 0) is 33.3 Å². The molecule has 0 radical (unpaired) electrons. The fourth-order valence-corrected chi connectivity index (χ4v) is 0.734. The highest BCUT2D eigenvalue weighted by atomic mass is 14.0. The van der Waals surface area contributed by atoms with Gasteiger partial charge in [0, 0.05) is 0 Å². The van der Waals surface area contributed by atoms with Crippen molar-refractivity contribution in [3.8, 4) is 0 Å². The van der Waals surface area contributed by atoms with Crippen LogP contribution >= 0.6 is 0 Å². The highest BCUT2D eigenvalue weighted by Gasteiger charge is 1.93. The minimum absolute atomic E-state index is 1.06. The van der Waals surface area contributed by atoms with E-state index in [0.29, 0.717) is 0 Å². The van der Waals surface area contributed by atoms with E-state index in [9.17, 15) is 0 Å². The largest absolute Gasteiger partial charge is 0.0985 e. The summed E-state index contributed by atoms with van der Waals surface area (Å²) in [5.41, 5.74) is 4.79. The molecule has 0 aliphatic heterocycles. The van der Waals surface area contributed by atoms with E-state index in [1.807, 2.05) is 13.0 Å². The fourth-order valence-electron chi connectivity index (χ4n) is 0.734. The summed E-state index contributed by atoms with van der Waals surface area (Å²) < 4.78 is 0. The highest BCUT2D eigenvalue weighted by molar-refractivity contribution is 5.41. The van der Waals surface area contributed by atoms with E-state index in [2.05, 4.69) is 40.0 Å². The number of hydrogen-bond acceptors (Lipinski definition) is 0. The van der Waals surface area contributed by atoms with E-state index in [0.717, 1.165) is 11.1 Å². The van der Waals surface area contributed by atoms with Gasteiger partial charge in [0.2, 0.25) is 0 Å². The molecule has 0 saturated heterocycles. The van der Waals surface area contributed by atoms with Crippen LogP contribution < -0.4 is 0 Å². The molecule has 0 heterocycles. The Hall–Kier alpha value is -1.04. The lowest BCUT2D eigenvalue weighted by Gasteiger charge is -2.02. The third kappa shape index (κ3) is 3.38. The third-order valence-electron chi connectivity index (χ3n) is 1.87. The van der Waals surface area contributed by atoms with E-state index in [1.54, 1.807) is 0 Å². The van der Waals surface area contributed by atoms with E-state index >= 15 is 0 Å². The smallest absolute Gasteiger partial charge is 0.0237 e. The molecular weight excluding hydrogens is 144 g/mol. The molecule has 12 heavy (non-hydrogen) atoms. The number of rotatable bonds is 3. The predicted octanol–water partition coefficient (Wildman–Crippen LogP) is 4.03. The Morgan fingerprint density at radius 1 is 1.08 bits per heavy atom. The summed E-state index contributed by atoms with van der Waals surface area (Å²) in [6.45, 7) is 15.9. The maximum absolute atomic E-state index is 3.88. The van der Waals surface area contributed by atoms with Crippen LogP contribution in [-0.2, 0) is 0 Å². The summed E-state index contributed by atoms with van der Waals surface area (Å²) >= 11 is 0. The first-order chi connectivity index (χ1) is 5.49. The Balaban J connectivity index is 4.86. The van der Waals surface area contributed by atoms with Gasteiger partial charge in [0.1, 0.15) is 0 Å². The molecule has 0 bridgehead atoms. The van der Waals surface area contributed by atoms with Crippen molar-refractivity contribution in [3.63, 3.8) is 0 Å². The fraction of sp³-hybridized carbons (Fsp3) is 0.333.